The Morgan fingerprint density at radius 3 is 2.86 bits per heavy atom. The van der Waals surface area contributed by atoms with Crippen molar-refractivity contribution in [1.29, 1.82) is 0 Å². The van der Waals surface area contributed by atoms with Crippen molar-refractivity contribution in [1.82, 2.24) is 14.6 Å². The van der Waals surface area contributed by atoms with Crippen LogP contribution in [0.2, 0.25) is 0 Å². The summed E-state index contributed by atoms with van der Waals surface area (Å²) in [4.78, 5) is 11.9. The van der Waals surface area contributed by atoms with E-state index in [1.807, 2.05) is 0 Å². The maximum atomic E-state index is 12.3. The van der Waals surface area contributed by atoms with Crippen LogP contribution >= 0.6 is 0 Å². The average Bonchev–Trinajstić information content (AvgIpc) is 2.89. The lowest BCUT2D eigenvalue weighted by molar-refractivity contribution is 0.0592. The van der Waals surface area contributed by atoms with Crippen molar-refractivity contribution in [3.63, 3.8) is 0 Å². The van der Waals surface area contributed by atoms with Crippen molar-refractivity contribution in [2.24, 2.45) is 0 Å². The lowest BCUT2D eigenvalue weighted by Crippen LogP contribution is -2.24. The van der Waals surface area contributed by atoms with Gasteiger partial charge in [0.15, 0.2) is 21.3 Å². The summed E-state index contributed by atoms with van der Waals surface area (Å²) in [5.74, 6) is -0.104. The molecule has 1 aliphatic heterocycles. The number of hydrogen-bond donors (Lipinski definition) is 0. The van der Waals surface area contributed by atoms with Gasteiger partial charge in [0, 0.05) is 0 Å². The normalized spacial score (nSPS) is 21.3. The van der Waals surface area contributed by atoms with E-state index in [4.69, 9.17) is 4.74 Å². The quantitative estimate of drug-likeness (QED) is 0.773. The molecule has 7 nitrogen and oxygen atoms in total. The molecule has 1 fully saturated rings. The van der Waals surface area contributed by atoms with Gasteiger partial charge in [0.05, 0.1) is 12.9 Å². The second kappa shape index (κ2) is 5.10. The van der Waals surface area contributed by atoms with Gasteiger partial charge >= 0.3 is 5.97 Å². The molecule has 3 heterocycles. The van der Waals surface area contributed by atoms with Gasteiger partial charge in [-0.05, 0) is 25.0 Å². The number of hydrogen-bond acceptors (Lipinski definition) is 6. The second-order valence-corrected chi connectivity index (χ2v) is 7.31. The topological polar surface area (TPSA) is 90.6 Å². The highest BCUT2D eigenvalue weighted by Gasteiger charge is 2.34. The van der Waals surface area contributed by atoms with Crippen molar-refractivity contribution in [3.05, 3.63) is 29.7 Å². The van der Waals surface area contributed by atoms with E-state index in [2.05, 4.69) is 10.2 Å². The van der Waals surface area contributed by atoms with Crippen LogP contribution in [0.25, 0.3) is 5.65 Å². The Balaban J connectivity index is 2.22. The largest absolute Gasteiger partial charge is 0.464 e. The summed E-state index contributed by atoms with van der Waals surface area (Å²) in [5.41, 5.74) is 0.671. The van der Waals surface area contributed by atoms with E-state index in [1.165, 1.54) is 11.5 Å². The molecule has 21 heavy (non-hydrogen) atoms. The summed E-state index contributed by atoms with van der Waals surface area (Å²) in [6.07, 6.45) is 1.98. The summed E-state index contributed by atoms with van der Waals surface area (Å²) in [7, 11) is -1.98. The monoisotopic (exact) mass is 309 g/mol. The zero-order valence-electron chi connectivity index (χ0n) is 11.5. The predicted octanol–water partition coefficient (Wildman–Crippen LogP) is 1.16. The van der Waals surface area contributed by atoms with E-state index in [-0.39, 0.29) is 11.4 Å². The third-order valence-electron chi connectivity index (χ3n) is 3.71. The Hall–Kier alpha value is -1.96. The highest BCUT2D eigenvalue weighted by atomic mass is 32.2. The highest BCUT2D eigenvalue weighted by Crippen LogP contribution is 2.32. The van der Waals surface area contributed by atoms with Gasteiger partial charge in [0.25, 0.3) is 0 Å². The zero-order valence-corrected chi connectivity index (χ0v) is 12.3. The summed E-state index contributed by atoms with van der Waals surface area (Å²) < 4.78 is 30.8. The first-order chi connectivity index (χ1) is 10.0. The van der Waals surface area contributed by atoms with Crippen LogP contribution in [0.15, 0.2) is 18.2 Å². The van der Waals surface area contributed by atoms with E-state index in [1.54, 1.807) is 18.2 Å². The van der Waals surface area contributed by atoms with Crippen molar-refractivity contribution >= 4 is 21.5 Å². The number of fused-ring (bicyclic) bond motifs is 1. The number of sulfone groups is 1. The van der Waals surface area contributed by atoms with E-state index < -0.39 is 21.1 Å². The minimum absolute atomic E-state index is 0.146. The van der Waals surface area contributed by atoms with Gasteiger partial charge in [0.1, 0.15) is 10.9 Å². The van der Waals surface area contributed by atoms with Gasteiger partial charge in [-0.2, -0.15) is 0 Å². The maximum absolute atomic E-state index is 12.3. The van der Waals surface area contributed by atoms with Gasteiger partial charge in [-0.3, -0.25) is 4.40 Å². The summed E-state index contributed by atoms with van der Waals surface area (Å²) in [5, 5.41) is 7.28. The van der Waals surface area contributed by atoms with E-state index >= 15 is 0 Å². The fraction of sp³-hybridized carbons (Fsp3) is 0.462. The van der Waals surface area contributed by atoms with E-state index in [0.717, 1.165) is 6.42 Å². The first-order valence-electron chi connectivity index (χ1n) is 6.68. The molecule has 0 amide bonds. The van der Waals surface area contributed by atoms with Crippen LogP contribution in [-0.2, 0) is 14.6 Å². The van der Waals surface area contributed by atoms with Crippen LogP contribution in [0, 0.1) is 0 Å². The standard InChI is InChI=1S/C13H15N3O4S/c1-20-13(17)9-5-4-7-11-14-15-12(16(9)11)10-6-2-3-8-21(10,18)19/h4-5,7,10H,2-3,6,8H2,1H3. The van der Waals surface area contributed by atoms with Gasteiger partial charge in [-0.1, -0.05) is 12.5 Å². The molecule has 1 unspecified atom stereocenters. The summed E-state index contributed by atoms with van der Waals surface area (Å²) in [6, 6.07) is 4.91. The molecule has 1 aliphatic rings. The molecule has 112 valence electrons. The van der Waals surface area contributed by atoms with Gasteiger partial charge in [-0.15, -0.1) is 10.2 Å². The molecular weight excluding hydrogens is 294 g/mol. The first-order valence-corrected chi connectivity index (χ1v) is 8.40. The fourth-order valence-electron chi connectivity index (χ4n) is 2.68. The number of nitrogens with zero attached hydrogens (tertiary/aromatic N) is 3. The van der Waals surface area contributed by atoms with Crippen LogP contribution in [0.4, 0.5) is 0 Å². The van der Waals surface area contributed by atoms with Crippen LogP contribution in [0.1, 0.15) is 40.8 Å². The molecule has 2 aromatic rings. The molecule has 1 atom stereocenters. The Kier molecular flexibility index (Phi) is 3.40. The van der Waals surface area contributed by atoms with Crippen LogP contribution in [0.5, 0.6) is 0 Å². The number of carbonyl (C=O) groups excluding carboxylic acids is 1. The smallest absolute Gasteiger partial charge is 0.355 e. The molecular formula is C13H15N3O4S. The second-order valence-electron chi connectivity index (χ2n) is 5.01. The Bertz CT molecular complexity index is 797. The predicted molar refractivity (Wildman–Crippen MR) is 74.7 cm³/mol. The number of pyridine rings is 1. The third kappa shape index (κ3) is 2.29. The molecule has 0 aliphatic carbocycles. The third-order valence-corrected chi connectivity index (χ3v) is 5.89. The average molecular weight is 309 g/mol. The minimum atomic E-state index is -3.26. The van der Waals surface area contributed by atoms with Crippen molar-refractivity contribution in [3.8, 4) is 0 Å². The van der Waals surface area contributed by atoms with Gasteiger partial charge in [-0.25, -0.2) is 13.2 Å². The number of rotatable bonds is 2. The molecule has 0 N–H and O–H groups in total. The fourth-order valence-corrected chi connectivity index (χ4v) is 4.57. The molecule has 0 saturated carbocycles. The summed E-state index contributed by atoms with van der Waals surface area (Å²) >= 11 is 0. The molecule has 0 radical (unpaired) electrons. The van der Waals surface area contributed by atoms with Gasteiger partial charge < -0.3 is 4.74 Å². The molecule has 3 rings (SSSR count). The lowest BCUT2D eigenvalue weighted by atomic mass is 10.2. The molecule has 0 bridgehead atoms. The number of methoxy groups -OCH3 is 1. The summed E-state index contributed by atoms with van der Waals surface area (Å²) in [6.45, 7) is 0. The first kappa shape index (κ1) is 14.0. The van der Waals surface area contributed by atoms with E-state index in [9.17, 15) is 13.2 Å². The van der Waals surface area contributed by atoms with Gasteiger partial charge in [0.2, 0.25) is 0 Å². The Labute approximate surface area is 121 Å². The maximum Gasteiger partial charge on any atom is 0.355 e. The number of aromatic nitrogens is 3. The molecule has 2 aromatic heterocycles. The van der Waals surface area contributed by atoms with Crippen molar-refractivity contribution < 1.29 is 17.9 Å². The molecule has 0 aromatic carbocycles. The number of ether oxygens (including phenoxy) is 1. The Morgan fingerprint density at radius 2 is 2.14 bits per heavy atom. The zero-order chi connectivity index (χ0) is 15.0. The number of esters is 1. The number of carbonyl (C=O) groups is 1. The van der Waals surface area contributed by atoms with Crippen LogP contribution in [-0.4, -0.2) is 41.8 Å². The molecule has 1 saturated heterocycles. The molecule has 0 spiro atoms. The Morgan fingerprint density at radius 1 is 1.33 bits per heavy atom. The SMILES string of the molecule is COC(=O)c1cccc2nnc(C3CCCCS3(=O)=O)n12. The van der Waals surface area contributed by atoms with Crippen LogP contribution < -0.4 is 0 Å². The minimum Gasteiger partial charge on any atom is -0.464 e. The molecule has 8 heteroatoms. The van der Waals surface area contributed by atoms with Crippen molar-refractivity contribution in [2.45, 2.75) is 24.5 Å². The lowest BCUT2D eigenvalue weighted by Gasteiger charge is -2.21. The van der Waals surface area contributed by atoms with E-state index in [0.29, 0.717) is 24.3 Å². The highest BCUT2D eigenvalue weighted by molar-refractivity contribution is 7.91. The van der Waals surface area contributed by atoms with Crippen molar-refractivity contribution in [2.75, 3.05) is 12.9 Å². The van der Waals surface area contributed by atoms with Crippen LogP contribution in [0.3, 0.4) is 0 Å².